The molecule has 0 saturated carbocycles. The van der Waals surface area contributed by atoms with Gasteiger partial charge in [0.05, 0.1) is 24.6 Å². The van der Waals surface area contributed by atoms with Crippen LogP contribution in [0.1, 0.15) is 24.3 Å². The Balaban J connectivity index is 1.78. The van der Waals surface area contributed by atoms with Crippen LogP contribution < -0.4 is 20.1 Å². The average molecular weight is 377 g/mol. The van der Waals surface area contributed by atoms with Gasteiger partial charge in [0.1, 0.15) is 17.2 Å². The number of nitrogens with one attached hydrogen (secondary N) is 2. The van der Waals surface area contributed by atoms with E-state index in [1.165, 1.54) is 0 Å². The zero-order valence-electron chi connectivity index (χ0n) is 16.1. The summed E-state index contributed by atoms with van der Waals surface area (Å²) in [5.41, 5.74) is 2.43. The normalized spacial score (nSPS) is 10.4. The van der Waals surface area contributed by atoms with Crippen molar-refractivity contribution in [2.45, 2.75) is 20.0 Å². The van der Waals surface area contributed by atoms with Gasteiger partial charge >= 0.3 is 0 Å². The van der Waals surface area contributed by atoms with Gasteiger partial charge in [-0.25, -0.2) is 0 Å². The minimum atomic E-state index is -0.320. The summed E-state index contributed by atoms with van der Waals surface area (Å²) in [6.45, 7) is 3.95. The number of hydrogen-bond acceptors (Lipinski definition) is 5. The lowest BCUT2D eigenvalue weighted by Gasteiger charge is -2.15. The highest BCUT2D eigenvalue weighted by Gasteiger charge is 2.12. The van der Waals surface area contributed by atoms with Gasteiger partial charge in [-0.15, -0.1) is 0 Å². The van der Waals surface area contributed by atoms with Crippen molar-refractivity contribution < 1.29 is 14.3 Å². The first kappa shape index (κ1) is 19.2. The summed E-state index contributed by atoms with van der Waals surface area (Å²) in [4.78, 5) is 16.8. The van der Waals surface area contributed by atoms with Crippen molar-refractivity contribution in [3.63, 3.8) is 0 Å². The first-order valence-electron chi connectivity index (χ1n) is 9.00. The lowest BCUT2D eigenvalue weighted by molar-refractivity contribution is 0.102. The molecule has 0 bridgehead atoms. The fourth-order valence-electron chi connectivity index (χ4n) is 2.65. The molecule has 2 N–H and O–H groups in total. The molecule has 1 aromatic heterocycles. The molecule has 0 radical (unpaired) electrons. The van der Waals surface area contributed by atoms with Crippen molar-refractivity contribution in [3.8, 4) is 11.5 Å². The van der Waals surface area contributed by atoms with Gasteiger partial charge in [-0.1, -0.05) is 24.3 Å². The van der Waals surface area contributed by atoms with Crippen molar-refractivity contribution in [1.82, 2.24) is 4.98 Å². The van der Waals surface area contributed by atoms with Gasteiger partial charge in [-0.3, -0.25) is 9.78 Å². The Morgan fingerprint density at radius 1 is 0.964 bits per heavy atom. The van der Waals surface area contributed by atoms with Gasteiger partial charge in [-0.2, -0.15) is 0 Å². The van der Waals surface area contributed by atoms with Crippen LogP contribution in [0.5, 0.6) is 11.5 Å². The zero-order chi connectivity index (χ0) is 19.9. The molecule has 6 heteroatoms. The summed E-state index contributed by atoms with van der Waals surface area (Å²) in [5.74, 6) is 1.01. The van der Waals surface area contributed by atoms with Crippen LogP contribution in [0, 0.1) is 0 Å². The van der Waals surface area contributed by atoms with Gasteiger partial charge in [0, 0.05) is 11.9 Å². The van der Waals surface area contributed by atoms with E-state index in [0.29, 0.717) is 11.4 Å². The van der Waals surface area contributed by atoms with Crippen LogP contribution in [0.3, 0.4) is 0 Å². The molecule has 2 aromatic carbocycles. The summed E-state index contributed by atoms with van der Waals surface area (Å²) < 4.78 is 11.1. The highest BCUT2D eigenvalue weighted by atomic mass is 16.5. The van der Waals surface area contributed by atoms with Crippen molar-refractivity contribution in [2.75, 3.05) is 17.7 Å². The van der Waals surface area contributed by atoms with Crippen LogP contribution >= 0.6 is 0 Å². The number of pyridine rings is 1. The maximum Gasteiger partial charge on any atom is 0.274 e. The zero-order valence-corrected chi connectivity index (χ0v) is 16.1. The number of methoxy groups -OCH3 is 1. The molecule has 0 atom stereocenters. The number of aromatic nitrogens is 1. The molecule has 28 heavy (non-hydrogen) atoms. The fourth-order valence-corrected chi connectivity index (χ4v) is 2.65. The van der Waals surface area contributed by atoms with Crippen LogP contribution in [-0.2, 0) is 0 Å². The Morgan fingerprint density at radius 2 is 1.64 bits per heavy atom. The van der Waals surface area contributed by atoms with Crippen molar-refractivity contribution in [2.24, 2.45) is 0 Å². The molecule has 0 unspecified atom stereocenters. The molecule has 3 aromatic rings. The number of hydrogen-bond donors (Lipinski definition) is 2. The first-order valence-corrected chi connectivity index (χ1v) is 9.00. The van der Waals surface area contributed by atoms with Crippen molar-refractivity contribution >= 4 is 23.0 Å². The Bertz CT molecular complexity index is 957. The number of rotatable bonds is 7. The molecule has 0 spiro atoms. The fraction of sp³-hybridized carbons (Fsp3) is 0.182. The summed E-state index contributed by atoms with van der Waals surface area (Å²) >= 11 is 0. The van der Waals surface area contributed by atoms with Gasteiger partial charge in [0.25, 0.3) is 5.91 Å². The summed E-state index contributed by atoms with van der Waals surface area (Å²) in [6, 6.07) is 18.4. The molecule has 0 aliphatic carbocycles. The van der Waals surface area contributed by atoms with Gasteiger partial charge < -0.3 is 20.1 Å². The number of anilines is 3. The van der Waals surface area contributed by atoms with Crippen molar-refractivity contribution in [3.05, 3.63) is 72.6 Å². The number of carbonyl (C=O) groups excluding carboxylic acids is 1. The van der Waals surface area contributed by atoms with E-state index in [-0.39, 0.29) is 17.7 Å². The van der Waals surface area contributed by atoms with Crippen LogP contribution in [-0.4, -0.2) is 24.1 Å². The van der Waals surface area contributed by atoms with Crippen LogP contribution in [0.2, 0.25) is 0 Å². The largest absolute Gasteiger partial charge is 0.495 e. The molecule has 0 fully saturated rings. The molecular formula is C22H23N3O3. The SMILES string of the molecule is COc1ccccc1NC(=O)c1cc(Nc2ccccc2OC(C)C)ccn1. The van der Waals surface area contributed by atoms with Crippen LogP contribution in [0.25, 0.3) is 0 Å². The Labute approximate surface area is 164 Å². The predicted molar refractivity (Wildman–Crippen MR) is 111 cm³/mol. The van der Waals surface area contributed by atoms with E-state index in [4.69, 9.17) is 9.47 Å². The topological polar surface area (TPSA) is 72.5 Å². The highest BCUT2D eigenvalue weighted by Crippen LogP contribution is 2.28. The minimum absolute atomic E-state index is 0.0579. The lowest BCUT2D eigenvalue weighted by atomic mass is 10.2. The second-order valence-corrected chi connectivity index (χ2v) is 6.37. The second-order valence-electron chi connectivity index (χ2n) is 6.37. The second kappa shape index (κ2) is 8.90. The summed E-state index contributed by atoms with van der Waals surface area (Å²) in [5, 5.41) is 6.12. The maximum absolute atomic E-state index is 12.6. The van der Waals surface area contributed by atoms with E-state index in [0.717, 1.165) is 17.1 Å². The number of ether oxygens (including phenoxy) is 2. The monoisotopic (exact) mass is 377 g/mol. The standard InChI is InChI=1S/C22H23N3O3/c1-15(2)28-21-11-7-5-9-18(21)24-16-12-13-23-19(14-16)22(26)25-17-8-4-6-10-20(17)27-3/h4-15H,1-3H3,(H,23,24)(H,25,26). The molecule has 3 rings (SSSR count). The molecule has 0 aliphatic heterocycles. The van der Waals surface area contributed by atoms with E-state index in [2.05, 4.69) is 15.6 Å². The minimum Gasteiger partial charge on any atom is -0.495 e. The van der Waals surface area contributed by atoms with Crippen LogP contribution in [0.15, 0.2) is 66.9 Å². The number of para-hydroxylation sites is 4. The third-order valence-corrected chi connectivity index (χ3v) is 3.88. The third-order valence-electron chi connectivity index (χ3n) is 3.88. The number of benzene rings is 2. The Morgan fingerprint density at radius 3 is 2.36 bits per heavy atom. The molecule has 6 nitrogen and oxygen atoms in total. The van der Waals surface area contributed by atoms with E-state index < -0.39 is 0 Å². The van der Waals surface area contributed by atoms with Crippen molar-refractivity contribution in [1.29, 1.82) is 0 Å². The lowest BCUT2D eigenvalue weighted by Crippen LogP contribution is -2.14. The Hall–Kier alpha value is -3.54. The number of carbonyl (C=O) groups is 1. The molecule has 0 aliphatic rings. The van der Waals surface area contributed by atoms with Gasteiger partial charge in [0.2, 0.25) is 0 Å². The quantitative estimate of drug-likeness (QED) is 0.614. The molecule has 1 heterocycles. The van der Waals surface area contributed by atoms with E-state index in [9.17, 15) is 4.79 Å². The maximum atomic E-state index is 12.6. The van der Waals surface area contributed by atoms with E-state index in [1.54, 1.807) is 37.6 Å². The molecule has 144 valence electrons. The van der Waals surface area contributed by atoms with Crippen LogP contribution in [0.4, 0.5) is 17.1 Å². The highest BCUT2D eigenvalue weighted by molar-refractivity contribution is 6.04. The third kappa shape index (κ3) is 4.79. The summed E-state index contributed by atoms with van der Waals surface area (Å²) in [7, 11) is 1.56. The predicted octanol–water partition coefficient (Wildman–Crippen LogP) is 4.87. The first-order chi connectivity index (χ1) is 13.6. The van der Waals surface area contributed by atoms with Gasteiger partial charge in [0.15, 0.2) is 0 Å². The Kier molecular flexibility index (Phi) is 6.11. The number of nitrogens with zero attached hydrogens (tertiary/aromatic N) is 1. The summed E-state index contributed by atoms with van der Waals surface area (Å²) in [6.07, 6.45) is 1.65. The van der Waals surface area contributed by atoms with Gasteiger partial charge in [-0.05, 0) is 50.2 Å². The average Bonchev–Trinajstić information content (AvgIpc) is 2.70. The smallest absolute Gasteiger partial charge is 0.274 e. The molecule has 0 saturated heterocycles. The molecule has 1 amide bonds. The van der Waals surface area contributed by atoms with E-state index >= 15 is 0 Å². The van der Waals surface area contributed by atoms with E-state index in [1.807, 2.05) is 50.2 Å². The molecular weight excluding hydrogens is 354 g/mol. The number of amides is 1.